The average molecular weight is 312 g/mol. The van der Waals surface area contributed by atoms with Gasteiger partial charge in [0.1, 0.15) is 5.69 Å². The van der Waals surface area contributed by atoms with Gasteiger partial charge in [0.25, 0.3) is 5.91 Å². The summed E-state index contributed by atoms with van der Waals surface area (Å²) in [7, 11) is 0. The number of nitrogens with one attached hydrogen (secondary N) is 2. The van der Waals surface area contributed by atoms with Crippen LogP contribution in [0.1, 0.15) is 47.6 Å². The Hall–Kier alpha value is -2.43. The normalized spacial score (nSPS) is 11.9. The number of rotatable bonds is 5. The predicted molar refractivity (Wildman–Crippen MR) is 93.2 cm³/mol. The second-order valence-corrected chi connectivity index (χ2v) is 5.92. The summed E-state index contributed by atoms with van der Waals surface area (Å²) in [4.78, 5) is 20.9. The van der Waals surface area contributed by atoms with E-state index in [0.717, 1.165) is 17.8 Å². The molecule has 0 aliphatic rings. The van der Waals surface area contributed by atoms with Crippen LogP contribution in [0.4, 0.5) is 11.6 Å². The van der Waals surface area contributed by atoms with Crippen molar-refractivity contribution in [2.45, 2.75) is 47.1 Å². The van der Waals surface area contributed by atoms with Crippen molar-refractivity contribution in [2.24, 2.45) is 0 Å². The highest BCUT2D eigenvalue weighted by atomic mass is 16.1. The first-order valence-corrected chi connectivity index (χ1v) is 7.90. The van der Waals surface area contributed by atoms with Crippen molar-refractivity contribution in [1.29, 1.82) is 0 Å². The Morgan fingerprint density at radius 3 is 2.52 bits per heavy atom. The quantitative estimate of drug-likeness (QED) is 0.884. The van der Waals surface area contributed by atoms with E-state index >= 15 is 0 Å². The number of carbonyl (C=O) groups is 1. The van der Waals surface area contributed by atoms with Crippen LogP contribution >= 0.6 is 0 Å². The Bertz CT molecular complexity index is 712. The van der Waals surface area contributed by atoms with Crippen LogP contribution in [0.2, 0.25) is 0 Å². The van der Waals surface area contributed by atoms with Gasteiger partial charge in [-0.2, -0.15) is 0 Å². The van der Waals surface area contributed by atoms with Gasteiger partial charge in [0.05, 0.1) is 0 Å². The molecule has 23 heavy (non-hydrogen) atoms. The highest BCUT2D eigenvalue weighted by Gasteiger charge is 2.12. The Labute approximate surface area is 137 Å². The van der Waals surface area contributed by atoms with Crippen LogP contribution < -0.4 is 10.6 Å². The summed E-state index contributed by atoms with van der Waals surface area (Å²) in [5.74, 6) is 0.260. The third-order valence-corrected chi connectivity index (χ3v) is 3.84. The zero-order valence-corrected chi connectivity index (χ0v) is 14.4. The molecule has 0 aliphatic carbocycles. The van der Waals surface area contributed by atoms with Crippen LogP contribution in [0, 0.1) is 20.8 Å². The first-order chi connectivity index (χ1) is 10.9. The Morgan fingerprint density at radius 1 is 1.13 bits per heavy atom. The molecule has 122 valence electrons. The van der Waals surface area contributed by atoms with Crippen molar-refractivity contribution >= 4 is 17.5 Å². The molecule has 5 nitrogen and oxygen atoms in total. The molecule has 2 rings (SSSR count). The first-order valence-electron chi connectivity index (χ1n) is 7.90. The highest BCUT2D eigenvalue weighted by molar-refractivity contribution is 5.92. The van der Waals surface area contributed by atoms with Gasteiger partial charge in [0.2, 0.25) is 5.95 Å². The Morgan fingerprint density at radius 2 is 1.87 bits per heavy atom. The lowest BCUT2D eigenvalue weighted by molar-refractivity contribution is 0.0934. The van der Waals surface area contributed by atoms with Crippen molar-refractivity contribution in [1.82, 2.24) is 15.3 Å². The van der Waals surface area contributed by atoms with Gasteiger partial charge >= 0.3 is 0 Å². The first kappa shape index (κ1) is 16.9. The Balaban J connectivity index is 2.22. The van der Waals surface area contributed by atoms with Gasteiger partial charge < -0.3 is 10.6 Å². The van der Waals surface area contributed by atoms with Gasteiger partial charge in [-0.1, -0.05) is 13.0 Å². The molecule has 0 radical (unpaired) electrons. The number of benzene rings is 1. The molecule has 0 bridgehead atoms. The zero-order chi connectivity index (χ0) is 17.0. The summed E-state index contributed by atoms with van der Waals surface area (Å²) < 4.78 is 0. The van der Waals surface area contributed by atoms with Gasteiger partial charge in [-0.05, 0) is 63.4 Å². The fourth-order valence-corrected chi connectivity index (χ4v) is 2.09. The zero-order valence-electron chi connectivity index (χ0n) is 14.4. The number of hydrogen-bond donors (Lipinski definition) is 2. The smallest absolute Gasteiger partial charge is 0.270 e. The molecule has 0 aliphatic heterocycles. The molecule has 2 N–H and O–H groups in total. The molecule has 0 spiro atoms. The minimum atomic E-state index is -0.173. The van der Waals surface area contributed by atoms with E-state index in [9.17, 15) is 4.79 Å². The van der Waals surface area contributed by atoms with Crippen molar-refractivity contribution in [3.05, 3.63) is 46.8 Å². The topological polar surface area (TPSA) is 66.9 Å². The molecule has 0 saturated heterocycles. The lowest BCUT2D eigenvalue weighted by atomic mass is 10.1. The summed E-state index contributed by atoms with van der Waals surface area (Å²) >= 11 is 0. The number of amides is 1. The minimum Gasteiger partial charge on any atom is -0.348 e. The van der Waals surface area contributed by atoms with Gasteiger partial charge in [-0.15, -0.1) is 0 Å². The molecule has 1 aromatic carbocycles. The van der Waals surface area contributed by atoms with Crippen molar-refractivity contribution in [3.63, 3.8) is 0 Å². The molecule has 1 amide bonds. The van der Waals surface area contributed by atoms with Crippen molar-refractivity contribution in [3.8, 4) is 0 Å². The number of hydrogen-bond acceptors (Lipinski definition) is 4. The lowest BCUT2D eigenvalue weighted by Gasteiger charge is -2.12. The number of carbonyl (C=O) groups excluding carboxylic acids is 1. The van der Waals surface area contributed by atoms with Crippen molar-refractivity contribution < 1.29 is 4.79 Å². The standard InChI is InChI=1S/C18H24N4O/c1-6-13(4)19-17(23)16-10-14(5)20-18(22-16)21-15-8-7-11(2)12(3)9-15/h7-10,13H,6H2,1-5H3,(H,19,23)(H,20,21,22). The second-order valence-electron chi connectivity index (χ2n) is 5.92. The minimum absolute atomic E-state index is 0.119. The van der Waals surface area contributed by atoms with E-state index in [-0.39, 0.29) is 11.9 Å². The van der Waals surface area contributed by atoms with E-state index in [1.807, 2.05) is 39.0 Å². The molecule has 0 saturated carbocycles. The molecular formula is C18H24N4O. The van der Waals surface area contributed by atoms with Gasteiger partial charge in [0, 0.05) is 17.4 Å². The SMILES string of the molecule is CCC(C)NC(=O)c1cc(C)nc(Nc2ccc(C)c(C)c2)n1. The third-order valence-electron chi connectivity index (χ3n) is 3.84. The number of aryl methyl sites for hydroxylation is 3. The van der Waals surface area contributed by atoms with E-state index in [1.54, 1.807) is 6.07 Å². The van der Waals surface area contributed by atoms with E-state index < -0.39 is 0 Å². The molecule has 1 atom stereocenters. The predicted octanol–water partition coefficient (Wildman–Crippen LogP) is 3.67. The monoisotopic (exact) mass is 312 g/mol. The van der Waals surface area contributed by atoms with Crippen LogP contribution in [-0.4, -0.2) is 21.9 Å². The molecule has 2 aromatic rings. The fourth-order valence-electron chi connectivity index (χ4n) is 2.09. The van der Waals surface area contributed by atoms with E-state index in [2.05, 4.69) is 34.4 Å². The van der Waals surface area contributed by atoms with Crippen LogP contribution in [0.15, 0.2) is 24.3 Å². The van der Waals surface area contributed by atoms with Crippen LogP contribution in [0.25, 0.3) is 0 Å². The number of nitrogens with zero attached hydrogens (tertiary/aromatic N) is 2. The van der Waals surface area contributed by atoms with E-state index in [4.69, 9.17) is 0 Å². The molecule has 1 unspecified atom stereocenters. The molecule has 5 heteroatoms. The number of aromatic nitrogens is 2. The molecular weight excluding hydrogens is 288 g/mol. The molecule has 1 heterocycles. The van der Waals surface area contributed by atoms with Crippen molar-refractivity contribution in [2.75, 3.05) is 5.32 Å². The van der Waals surface area contributed by atoms with Crippen LogP contribution in [-0.2, 0) is 0 Å². The van der Waals surface area contributed by atoms with E-state index in [0.29, 0.717) is 11.6 Å². The van der Waals surface area contributed by atoms with Crippen LogP contribution in [0.5, 0.6) is 0 Å². The summed E-state index contributed by atoms with van der Waals surface area (Å²) in [6, 6.07) is 7.88. The lowest BCUT2D eigenvalue weighted by Crippen LogP contribution is -2.32. The summed E-state index contributed by atoms with van der Waals surface area (Å²) in [5.41, 5.74) is 4.46. The van der Waals surface area contributed by atoms with Gasteiger partial charge in [-0.3, -0.25) is 4.79 Å². The second kappa shape index (κ2) is 7.22. The maximum absolute atomic E-state index is 12.2. The largest absolute Gasteiger partial charge is 0.348 e. The summed E-state index contributed by atoms with van der Waals surface area (Å²) in [6.07, 6.45) is 0.879. The maximum Gasteiger partial charge on any atom is 0.270 e. The summed E-state index contributed by atoms with van der Waals surface area (Å²) in [6.45, 7) is 9.98. The summed E-state index contributed by atoms with van der Waals surface area (Å²) in [5, 5.41) is 6.10. The third kappa shape index (κ3) is 4.52. The Kier molecular flexibility index (Phi) is 5.32. The van der Waals surface area contributed by atoms with Gasteiger partial charge in [0.15, 0.2) is 0 Å². The number of anilines is 2. The maximum atomic E-state index is 12.2. The molecule has 1 aromatic heterocycles. The fraction of sp³-hybridized carbons (Fsp3) is 0.389. The highest BCUT2D eigenvalue weighted by Crippen LogP contribution is 2.18. The van der Waals surface area contributed by atoms with Gasteiger partial charge in [-0.25, -0.2) is 9.97 Å². The molecule has 0 fully saturated rings. The average Bonchev–Trinajstić information content (AvgIpc) is 2.50. The van der Waals surface area contributed by atoms with E-state index in [1.165, 1.54) is 11.1 Å². The van der Waals surface area contributed by atoms with Crippen LogP contribution in [0.3, 0.4) is 0 Å².